The number of anilines is 1. The number of aliphatic hydroxyl groups is 1. The SMILES string of the molecule is CN(C)S(=O)(=O)c1ccc(N2CCN(C(CO)c3ccc(Cl)cc3)CC2)nc1. The third-order valence-electron chi connectivity index (χ3n) is 5.01. The van der Waals surface area contributed by atoms with Crippen molar-refractivity contribution in [2.45, 2.75) is 10.9 Å². The second-order valence-corrected chi connectivity index (χ2v) is 9.50. The van der Waals surface area contributed by atoms with Crippen molar-refractivity contribution in [2.24, 2.45) is 0 Å². The number of aromatic nitrogens is 1. The molecular weight excluding hydrogens is 400 g/mol. The lowest BCUT2D eigenvalue weighted by Crippen LogP contribution is -2.48. The third kappa shape index (κ3) is 4.47. The molecule has 0 spiro atoms. The van der Waals surface area contributed by atoms with Gasteiger partial charge in [-0.1, -0.05) is 23.7 Å². The first kappa shape index (κ1) is 21.0. The Labute approximate surface area is 171 Å². The van der Waals surface area contributed by atoms with Gasteiger partial charge in [0.1, 0.15) is 10.7 Å². The molecule has 0 aliphatic carbocycles. The summed E-state index contributed by atoms with van der Waals surface area (Å²) in [6, 6.07) is 10.8. The topological polar surface area (TPSA) is 77.0 Å². The Morgan fingerprint density at radius 1 is 1.11 bits per heavy atom. The van der Waals surface area contributed by atoms with Gasteiger partial charge in [-0.25, -0.2) is 17.7 Å². The number of pyridine rings is 1. The van der Waals surface area contributed by atoms with E-state index in [-0.39, 0.29) is 17.5 Å². The molecule has 1 aromatic carbocycles. The second-order valence-electron chi connectivity index (χ2n) is 6.91. The summed E-state index contributed by atoms with van der Waals surface area (Å²) >= 11 is 5.96. The number of aliphatic hydroxyl groups excluding tert-OH is 1. The van der Waals surface area contributed by atoms with E-state index in [0.717, 1.165) is 37.6 Å². The van der Waals surface area contributed by atoms with E-state index in [9.17, 15) is 13.5 Å². The van der Waals surface area contributed by atoms with E-state index < -0.39 is 10.0 Å². The van der Waals surface area contributed by atoms with Gasteiger partial charge in [0.05, 0.1) is 12.6 Å². The molecule has 152 valence electrons. The third-order valence-corrected chi connectivity index (χ3v) is 7.06. The van der Waals surface area contributed by atoms with E-state index in [1.807, 2.05) is 24.3 Å². The van der Waals surface area contributed by atoms with E-state index in [4.69, 9.17) is 11.6 Å². The van der Waals surface area contributed by atoms with Gasteiger partial charge < -0.3 is 10.0 Å². The number of benzene rings is 1. The van der Waals surface area contributed by atoms with Gasteiger partial charge in [-0.3, -0.25) is 4.90 Å². The van der Waals surface area contributed by atoms with Gasteiger partial charge in [-0.15, -0.1) is 0 Å². The zero-order valence-electron chi connectivity index (χ0n) is 16.0. The van der Waals surface area contributed by atoms with Crippen LogP contribution in [-0.2, 0) is 10.0 Å². The molecule has 1 fully saturated rings. The van der Waals surface area contributed by atoms with E-state index in [1.54, 1.807) is 12.1 Å². The van der Waals surface area contributed by atoms with E-state index >= 15 is 0 Å². The zero-order valence-corrected chi connectivity index (χ0v) is 17.6. The average Bonchev–Trinajstić information content (AvgIpc) is 2.70. The van der Waals surface area contributed by atoms with Crippen LogP contribution in [0.2, 0.25) is 5.02 Å². The van der Waals surface area contributed by atoms with Crippen LogP contribution < -0.4 is 4.90 Å². The second kappa shape index (κ2) is 8.75. The summed E-state index contributed by atoms with van der Waals surface area (Å²) in [7, 11) is -0.473. The predicted octanol–water partition coefficient (Wildman–Crippen LogP) is 1.84. The first-order chi connectivity index (χ1) is 13.3. The minimum Gasteiger partial charge on any atom is -0.394 e. The monoisotopic (exact) mass is 424 g/mol. The van der Waals surface area contributed by atoms with Crippen molar-refractivity contribution in [1.82, 2.24) is 14.2 Å². The van der Waals surface area contributed by atoms with Crippen molar-refractivity contribution in [2.75, 3.05) is 51.8 Å². The highest BCUT2D eigenvalue weighted by Gasteiger charge is 2.25. The van der Waals surface area contributed by atoms with Gasteiger partial charge in [0.2, 0.25) is 10.0 Å². The molecule has 1 unspecified atom stereocenters. The highest BCUT2D eigenvalue weighted by molar-refractivity contribution is 7.89. The van der Waals surface area contributed by atoms with Gasteiger partial charge in [0.25, 0.3) is 0 Å². The van der Waals surface area contributed by atoms with Crippen molar-refractivity contribution in [1.29, 1.82) is 0 Å². The van der Waals surface area contributed by atoms with E-state index in [2.05, 4.69) is 14.8 Å². The molecule has 1 N–H and O–H groups in total. The number of hydrogen-bond donors (Lipinski definition) is 1. The number of halogens is 1. The molecule has 2 heterocycles. The minimum atomic E-state index is -3.47. The summed E-state index contributed by atoms with van der Waals surface area (Å²) < 4.78 is 25.5. The molecular formula is C19H25ClN4O3S. The highest BCUT2D eigenvalue weighted by atomic mass is 35.5. The van der Waals surface area contributed by atoms with Gasteiger partial charge in [-0.2, -0.15) is 0 Å². The van der Waals surface area contributed by atoms with Crippen LogP contribution in [0.25, 0.3) is 0 Å². The molecule has 1 aliphatic heterocycles. The molecule has 1 aromatic heterocycles. The molecule has 2 aromatic rings. The quantitative estimate of drug-likeness (QED) is 0.762. The van der Waals surface area contributed by atoms with Crippen molar-refractivity contribution >= 4 is 27.4 Å². The maximum Gasteiger partial charge on any atom is 0.244 e. The van der Waals surface area contributed by atoms with Crippen LogP contribution in [0.3, 0.4) is 0 Å². The van der Waals surface area contributed by atoms with Crippen LogP contribution in [0.1, 0.15) is 11.6 Å². The lowest BCUT2D eigenvalue weighted by molar-refractivity contribution is 0.117. The fraction of sp³-hybridized carbons (Fsp3) is 0.421. The van der Waals surface area contributed by atoms with Gasteiger partial charge >= 0.3 is 0 Å². The fourth-order valence-corrected chi connectivity index (χ4v) is 4.28. The first-order valence-corrected chi connectivity index (χ1v) is 10.9. The average molecular weight is 425 g/mol. The molecule has 0 radical (unpaired) electrons. The lowest BCUT2D eigenvalue weighted by atomic mass is 10.1. The van der Waals surface area contributed by atoms with Gasteiger partial charge in [0.15, 0.2) is 0 Å². The van der Waals surface area contributed by atoms with Crippen LogP contribution >= 0.6 is 11.6 Å². The number of piperazine rings is 1. The molecule has 1 saturated heterocycles. The number of hydrogen-bond acceptors (Lipinski definition) is 6. The standard InChI is InChI=1S/C19H25ClN4O3S/c1-22(2)28(26,27)17-7-8-19(21-13-17)24-11-9-23(10-12-24)18(14-25)15-3-5-16(20)6-4-15/h3-8,13,18,25H,9-12,14H2,1-2H3. The lowest BCUT2D eigenvalue weighted by Gasteiger charge is -2.39. The number of nitrogens with zero attached hydrogens (tertiary/aromatic N) is 4. The van der Waals surface area contributed by atoms with E-state index in [1.165, 1.54) is 24.6 Å². The molecule has 1 aliphatic rings. The fourth-order valence-electron chi connectivity index (χ4n) is 3.30. The molecule has 0 bridgehead atoms. The molecule has 28 heavy (non-hydrogen) atoms. The summed E-state index contributed by atoms with van der Waals surface area (Å²) in [4.78, 5) is 8.89. The maximum atomic E-state index is 12.2. The smallest absolute Gasteiger partial charge is 0.244 e. The highest BCUT2D eigenvalue weighted by Crippen LogP contribution is 2.25. The summed E-state index contributed by atoms with van der Waals surface area (Å²) in [5.74, 6) is 0.754. The molecule has 7 nitrogen and oxygen atoms in total. The Morgan fingerprint density at radius 2 is 1.75 bits per heavy atom. The molecule has 0 amide bonds. The molecule has 9 heteroatoms. The summed E-state index contributed by atoms with van der Waals surface area (Å²) in [6.45, 7) is 3.07. The van der Waals surface area contributed by atoms with Crippen molar-refractivity contribution in [3.8, 4) is 0 Å². The normalized spacial score (nSPS) is 17.1. The van der Waals surface area contributed by atoms with Crippen LogP contribution in [0, 0.1) is 0 Å². The number of sulfonamides is 1. The molecule has 3 rings (SSSR count). The maximum absolute atomic E-state index is 12.2. The van der Waals surface area contributed by atoms with E-state index in [0.29, 0.717) is 5.02 Å². The van der Waals surface area contributed by atoms with Crippen LogP contribution in [0.15, 0.2) is 47.5 Å². The van der Waals surface area contributed by atoms with Crippen molar-refractivity contribution in [3.05, 3.63) is 53.2 Å². The largest absolute Gasteiger partial charge is 0.394 e. The van der Waals surface area contributed by atoms with Crippen LogP contribution in [0.5, 0.6) is 0 Å². The Kier molecular flexibility index (Phi) is 6.57. The molecule has 0 saturated carbocycles. The van der Waals surface area contributed by atoms with Gasteiger partial charge in [0, 0.05) is 51.5 Å². The first-order valence-electron chi connectivity index (χ1n) is 9.07. The molecule has 1 atom stereocenters. The Hall–Kier alpha value is -1.71. The predicted molar refractivity (Wildman–Crippen MR) is 110 cm³/mol. The summed E-state index contributed by atoms with van der Waals surface area (Å²) in [5, 5.41) is 10.6. The number of rotatable bonds is 6. The summed E-state index contributed by atoms with van der Waals surface area (Å²) in [5.41, 5.74) is 1.04. The van der Waals surface area contributed by atoms with Crippen molar-refractivity contribution < 1.29 is 13.5 Å². The Bertz CT molecular complexity index is 880. The Balaban J connectivity index is 1.65. The van der Waals surface area contributed by atoms with Crippen molar-refractivity contribution in [3.63, 3.8) is 0 Å². The minimum absolute atomic E-state index is 0.0387. The Morgan fingerprint density at radius 3 is 2.25 bits per heavy atom. The van der Waals surface area contributed by atoms with Gasteiger partial charge in [-0.05, 0) is 29.8 Å². The summed E-state index contributed by atoms with van der Waals surface area (Å²) in [6.07, 6.45) is 1.40. The zero-order chi connectivity index (χ0) is 20.3. The van der Waals surface area contributed by atoms with Crippen LogP contribution in [-0.4, -0.2) is 74.6 Å². The van der Waals surface area contributed by atoms with Crippen LogP contribution in [0.4, 0.5) is 5.82 Å².